The number of hydrogen-bond acceptors (Lipinski definition) is 3. The SMILES string of the molecule is CNCCc1ccc(S(=O)(=O)O)cc1. The largest absolute Gasteiger partial charge is 0.319 e. The van der Waals surface area contributed by atoms with E-state index in [0.717, 1.165) is 18.5 Å². The van der Waals surface area contributed by atoms with Gasteiger partial charge in [-0.05, 0) is 37.7 Å². The fourth-order valence-corrected chi connectivity index (χ4v) is 1.58. The molecular weight excluding hydrogens is 202 g/mol. The predicted molar refractivity (Wildman–Crippen MR) is 53.9 cm³/mol. The van der Waals surface area contributed by atoms with E-state index in [-0.39, 0.29) is 4.90 Å². The normalized spacial score (nSPS) is 11.6. The Morgan fingerprint density at radius 2 is 1.86 bits per heavy atom. The molecule has 78 valence electrons. The Hall–Kier alpha value is -0.910. The number of hydrogen-bond donors (Lipinski definition) is 2. The monoisotopic (exact) mass is 215 g/mol. The highest BCUT2D eigenvalue weighted by molar-refractivity contribution is 7.85. The molecule has 0 saturated carbocycles. The molecule has 0 heterocycles. The van der Waals surface area contributed by atoms with Gasteiger partial charge in [-0.1, -0.05) is 12.1 Å². The topological polar surface area (TPSA) is 66.4 Å². The summed E-state index contributed by atoms with van der Waals surface area (Å²) in [6, 6.07) is 6.20. The fraction of sp³-hybridized carbons (Fsp3) is 0.333. The second kappa shape index (κ2) is 4.54. The van der Waals surface area contributed by atoms with Crippen LogP contribution < -0.4 is 5.32 Å². The highest BCUT2D eigenvalue weighted by Gasteiger charge is 2.07. The van der Waals surface area contributed by atoms with E-state index in [1.807, 2.05) is 7.05 Å². The Kier molecular flexibility index (Phi) is 3.62. The molecule has 0 bridgehead atoms. The average Bonchev–Trinajstić information content (AvgIpc) is 2.14. The van der Waals surface area contributed by atoms with Gasteiger partial charge in [0.15, 0.2) is 0 Å². The first kappa shape index (κ1) is 11.2. The molecule has 1 aromatic carbocycles. The molecule has 0 aromatic heterocycles. The van der Waals surface area contributed by atoms with Gasteiger partial charge in [0.05, 0.1) is 4.90 Å². The van der Waals surface area contributed by atoms with Crippen molar-refractivity contribution in [2.45, 2.75) is 11.3 Å². The van der Waals surface area contributed by atoms with Crippen LogP contribution in [0.4, 0.5) is 0 Å². The summed E-state index contributed by atoms with van der Waals surface area (Å²) < 4.78 is 30.1. The van der Waals surface area contributed by atoms with Crippen LogP contribution in [-0.4, -0.2) is 26.6 Å². The van der Waals surface area contributed by atoms with E-state index in [1.165, 1.54) is 12.1 Å². The van der Waals surface area contributed by atoms with Crippen molar-refractivity contribution in [1.82, 2.24) is 5.32 Å². The standard InChI is InChI=1S/C9H13NO3S/c1-10-7-6-8-2-4-9(5-3-8)14(11,12)13/h2-5,10H,6-7H2,1H3,(H,11,12,13). The summed E-state index contributed by atoms with van der Waals surface area (Å²) in [5, 5.41) is 2.99. The van der Waals surface area contributed by atoms with Crippen LogP contribution in [0, 0.1) is 0 Å². The number of benzene rings is 1. The lowest BCUT2D eigenvalue weighted by Gasteiger charge is -2.01. The van der Waals surface area contributed by atoms with Crippen LogP contribution in [0.5, 0.6) is 0 Å². The van der Waals surface area contributed by atoms with E-state index in [9.17, 15) is 8.42 Å². The minimum atomic E-state index is -4.06. The zero-order valence-corrected chi connectivity index (χ0v) is 8.71. The zero-order chi connectivity index (χ0) is 10.6. The van der Waals surface area contributed by atoms with Gasteiger partial charge < -0.3 is 5.32 Å². The summed E-state index contributed by atoms with van der Waals surface area (Å²) in [6.45, 7) is 0.839. The van der Waals surface area contributed by atoms with Gasteiger partial charge in [0.1, 0.15) is 0 Å². The van der Waals surface area contributed by atoms with Crippen molar-refractivity contribution in [2.75, 3.05) is 13.6 Å². The van der Waals surface area contributed by atoms with Crippen molar-refractivity contribution in [3.05, 3.63) is 29.8 Å². The Bertz CT molecular complexity index is 383. The minimum absolute atomic E-state index is 0.0642. The third-order valence-corrected chi connectivity index (χ3v) is 2.75. The van der Waals surface area contributed by atoms with Gasteiger partial charge in [-0.15, -0.1) is 0 Å². The van der Waals surface area contributed by atoms with Crippen molar-refractivity contribution < 1.29 is 13.0 Å². The van der Waals surface area contributed by atoms with Crippen LogP contribution in [0.1, 0.15) is 5.56 Å². The van der Waals surface area contributed by atoms with E-state index >= 15 is 0 Å². The molecule has 14 heavy (non-hydrogen) atoms. The van der Waals surface area contributed by atoms with E-state index in [2.05, 4.69) is 5.32 Å². The molecule has 0 amide bonds. The minimum Gasteiger partial charge on any atom is -0.319 e. The Morgan fingerprint density at radius 1 is 1.29 bits per heavy atom. The molecule has 0 unspecified atom stereocenters. The lowest BCUT2D eigenvalue weighted by molar-refractivity contribution is 0.483. The maximum atomic E-state index is 10.7. The summed E-state index contributed by atoms with van der Waals surface area (Å²) in [5.74, 6) is 0. The molecule has 0 spiro atoms. The van der Waals surface area contributed by atoms with Crippen molar-refractivity contribution >= 4 is 10.1 Å². The van der Waals surface area contributed by atoms with Crippen LogP contribution >= 0.6 is 0 Å². The van der Waals surface area contributed by atoms with Crippen LogP contribution in [0.3, 0.4) is 0 Å². The first-order chi connectivity index (χ1) is 6.54. The highest BCUT2D eigenvalue weighted by Crippen LogP contribution is 2.09. The Morgan fingerprint density at radius 3 is 2.29 bits per heavy atom. The van der Waals surface area contributed by atoms with Gasteiger partial charge in [-0.25, -0.2) is 0 Å². The third-order valence-electron chi connectivity index (χ3n) is 1.88. The predicted octanol–water partition coefficient (Wildman–Crippen LogP) is 0.695. The summed E-state index contributed by atoms with van der Waals surface area (Å²) in [6.07, 6.45) is 0.836. The average molecular weight is 215 g/mol. The smallest absolute Gasteiger partial charge is 0.294 e. The summed E-state index contributed by atoms with van der Waals surface area (Å²) in [7, 11) is -2.20. The van der Waals surface area contributed by atoms with Gasteiger partial charge in [0.25, 0.3) is 10.1 Å². The second-order valence-electron chi connectivity index (χ2n) is 2.97. The first-order valence-corrected chi connectivity index (χ1v) is 5.69. The van der Waals surface area contributed by atoms with Crippen LogP contribution in [-0.2, 0) is 16.5 Å². The van der Waals surface area contributed by atoms with Crippen LogP contribution in [0.2, 0.25) is 0 Å². The first-order valence-electron chi connectivity index (χ1n) is 4.25. The Labute approximate surface area is 83.7 Å². The van der Waals surface area contributed by atoms with E-state index in [0.29, 0.717) is 0 Å². The van der Waals surface area contributed by atoms with Gasteiger partial charge in [0.2, 0.25) is 0 Å². The molecule has 0 fully saturated rings. The van der Waals surface area contributed by atoms with Gasteiger partial charge >= 0.3 is 0 Å². The molecule has 0 aliphatic heterocycles. The van der Waals surface area contributed by atoms with E-state index in [1.54, 1.807) is 12.1 Å². The zero-order valence-electron chi connectivity index (χ0n) is 7.90. The lowest BCUT2D eigenvalue weighted by atomic mass is 10.1. The molecule has 0 aliphatic rings. The number of nitrogens with one attached hydrogen (secondary N) is 1. The van der Waals surface area contributed by atoms with Crippen LogP contribution in [0.15, 0.2) is 29.2 Å². The third kappa shape index (κ3) is 3.10. The summed E-state index contributed by atoms with van der Waals surface area (Å²) in [5.41, 5.74) is 1.03. The molecule has 0 atom stereocenters. The number of likely N-dealkylation sites (N-methyl/N-ethyl adjacent to an activating group) is 1. The molecule has 4 nitrogen and oxygen atoms in total. The molecule has 1 aromatic rings. The lowest BCUT2D eigenvalue weighted by Crippen LogP contribution is -2.10. The maximum Gasteiger partial charge on any atom is 0.294 e. The van der Waals surface area contributed by atoms with Crippen molar-refractivity contribution in [3.63, 3.8) is 0 Å². The molecule has 1 rings (SSSR count). The van der Waals surface area contributed by atoms with E-state index in [4.69, 9.17) is 4.55 Å². The molecule has 2 N–H and O–H groups in total. The molecule has 0 saturated heterocycles. The summed E-state index contributed by atoms with van der Waals surface area (Å²) in [4.78, 5) is -0.0642. The quantitative estimate of drug-likeness (QED) is 0.725. The van der Waals surface area contributed by atoms with E-state index < -0.39 is 10.1 Å². The van der Waals surface area contributed by atoms with Gasteiger partial charge in [-0.2, -0.15) is 8.42 Å². The second-order valence-corrected chi connectivity index (χ2v) is 4.39. The molecule has 5 heteroatoms. The maximum absolute atomic E-state index is 10.7. The Balaban J connectivity index is 2.79. The fourth-order valence-electron chi connectivity index (χ4n) is 1.10. The van der Waals surface area contributed by atoms with Gasteiger partial charge in [-0.3, -0.25) is 4.55 Å². The van der Waals surface area contributed by atoms with Crippen molar-refractivity contribution in [3.8, 4) is 0 Å². The van der Waals surface area contributed by atoms with Crippen molar-refractivity contribution in [2.24, 2.45) is 0 Å². The van der Waals surface area contributed by atoms with Crippen LogP contribution in [0.25, 0.3) is 0 Å². The summed E-state index contributed by atoms with van der Waals surface area (Å²) >= 11 is 0. The molecule has 0 radical (unpaired) electrons. The number of rotatable bonds is 4. The molecular formula is C9H13NO3S. The van der Waals surface area contributed by atoms with Gasteiger partial charge in [0, 0.05) is 0 Å². The highest BCUT2D eigenvalue weighted by atomic mass is 32.2. The van der Waals surface area contributed by atoms with Crippen molar-refractivity contribution in [1.29, 1.82) is 0 Å². The molecule has 0 aliphatic carbocycles.